The van der Waals surface area contributed by atoms with E-state index >= 15 is 0 Å². The minimum atomic E-state index is -3.86. The number of benzene rings is 2. The van der Waals surface area contributed by atoms with Gasteiger partial charge in [-0.1, -0.05) is 31.5 Å². The summed E-state index contributed by atoms with van der Waals surface area (Å²) >= 11 is 0. The maximum atomic E-state index is 12.6. The molecule has 0 aliphatic rings. The Morgan fingerprint density at radius 1 is 1.17 bits per heavy atom. The summed E-state index contributed by atoms with van der Waals surface area (Å²) in [5.41, 5.74) is 1.05. The Morgan fingerprint density at radius 3 is 2.61 bits per heavy atom. The van der Waals surface area contributed by atoms with Gasteiger partial charge in [0.25, 0.3) is 10.0 Å². The highest BCUT2D eigenvalue weighted by atomic mass is 32.2. The zero-order chi connectivity index (χ0) is 16.9. The molecule has 0 saturated carbocycles. The lowest BCUT2D eigenvalue weighted by Gasteiger charge is -2.14. The van der Waals surface area contributed by atoms with Gasteiger partial charge in [0.2, 0.25) is 0 Å². The summed E-state index contributed by atoms with van der Waals surface area (Å²) in [7, 11) is -3.86. The highest BCUT2D eigenvalue weighted by Gasteiger charge is 2.21. The fourth-order valence-electron chi connectivity index (χ4n) is 2.04. The van der Waals surface area contributed by atoms with Crippen LogP contribution in [0.25, 0.3) is 0 Å². The number of aryl methyl sites for hydroxylation is 1. The molecule has 23 heavy (non-hydrogen) atoms. The van der Waals surface area contributed by atoms with Crippen molar-refractivity contribution in [2.24, 2.45) is 0 Å². The standard InChI is InChI=1S/C17H21NO4S/c1-3-4-11-22-16-12-13(2)9-10-17(16)23(20,21)18-14-7-5-6-8-15(14)19/h5-10,12,18-19H,3-4,11H2,1-2H3. The summed E-state index contributed by atoms with van der Waals surface area (Å²) in [5.74, 6) is 0.193. The molecule has 0 atom stereocenters. The largest absolute Gasteiger partial charge is 0.506 e. The van der Waals surface area contributed by atoms with Gasteiger partial charge in [-0.05, 0) is 43.2 Å². The molecule has 0 bridgehead atoms. The lowest BCUT2D eigenvalue weighted by Crippen LogP contribution is -2.15. The summed E-state index contributed by atoms with van der Waals surface area (Å²) in [5, 5.41) is 9.75. The number of nitrogens with one attached hydrogen (secondary N) is 1. The van der Waals surface area contributed by atoms with E-state index < -0.39 is 10.0 Å². The molecule has 0 aromatic heterocycles. The van der Waals surface area contributed by atoms with E-state index in [0.29, 0.717) is 12.4 Å². The number of aromatic hydroxyl groups is 1. The second kappa shape index (κ2) is 7.37. The Kier molecular flexibility index (Phi) is 5.50. The van der Waals surface area contributed by atoms with E-state index in [9.17, 15) is 13.5 Å². The van der Waals surface area contributed by atoms with Crippen LogP contribution in [0.4, 0.5) is 5.69 Å². The third-order valence-electron chi connectivity index (χ3n) is 3.29. The van der Waals surface area contributed by atoms with Crippen LogP contribution in [0, 0.1) is 6.92 Å². The maximum Gasteiger partial charge on any atom is 0.265 e. The smallest absolute Gasteiger partial charge is 0.265 e. The van der Waals surface area contributed by atoms with Gasteiger partial charge >= 0.3 is 0 Å². The molecule has 0 unspecified atom stereocenters. The molecule has 0 amide bonds. The van der Waals surface area contributed by atoms with E-state index in [1.54, 1.807) is 24.3 Å². The molecule has 0 radical (unpaired) electrons. The molecule has 0 aliphatic heterocycles. The number of phenols is 1. The van der Waals surface area contributed by atoms with Gasteiger partial charge in [0, 0.05) is 0 Å². The highest BCUT2D eigenvalue weighted by Crippen LogP contribution is 2.30. The van der Waals surface area contributed by atoms with Crippen molar-refractivity contribution in [3.8, 4) is 11.5 Å². The first kappa shape index (κ1) is 17.1. The van der Waals surface area contributed by atoms with Crippen LogP contribution in [0.2, 0.25) is 0 Å². The van der Waals surface area contributed by atoms with E-state index in [1.807, 2.05) is 13.8 Å². The van der Waals surface area contributed by atoms with Crippen molar-refractivity contribution in [1.29, 1.82) is 0 Å². The number of rotatable bonds is 7. The summed E-state index contributed by atoms with van der Waals surface area (Å²) in [6.07, 6.45) is 1.81. The third-order valence-corrected chi connectivity index (χ3v) is 4.70. The van der Waals surface area contributed by atoms with Crippen LogP contribution in [0.5, 0.6) is 11.5 Å². The molecule has 2 aromatic carbocycles. The molecular weight excluding hydrogens is 314 g/mol. The zero-order valence-corrected chi connectivity index (χ0v) is 14.1. The number of phenolic OH excluding ortho intramolecular Hbond substituents is 1. The van der Waals surface area contributed by atoms with Crippen molar-refractivity contribution in [2.45, 2.75) is 31.6 Å². The van der Waals surface area contributed by atoms with Crippen molar-refractivity contribution >= 4 is 15.7 Å². The monoisotopic (exact) mass is 335 g/mol. The SMILES string of the molecule is CCCCOc1cc(C)ccc1S(=O)(=O)Nc1ccccc1O. The van der Waals surface area contributed by atoms with Crippen LogP contribution in [0.1, 0.15) is 25.3 Å². The van der Waals surface area contributed by atoms with Gasteiger partial charge in [0.05, 0.1) is 12.3 Å². The Labute approximate surface area is 137 Å². The zero-order valence-electron chi connectivity index (χ0n) is 13.2. The first-order valence-corrected chi connectivity index (χ1v) is 8.96. The van der Waals surface area contributed by atoms with Crippen molar-refractivity contribution in [3.05, 3.63) is 48.0 Å². The lowest BCUT2D eigenvalue weighted by molar-refractivity contribution is 0.301. The maximum absolute atomic E-state index is 12.6. The van der Waals surface area contributed by atoms with E-state index in [1.165, 1.54) is 18.2 Å². The minimum Gasteiger partial charge on any atom is -0.506 e. The van der Waals surface area contributed by atoms with Crippen LogP contribution < -0.4 is 9.46 Å². The summed E-state index contributed by atoms with van der Waals surface area (Å²) in [4.78, 5) is 0.0578. The summed E-state index contributed by atoms with van der Waals surface area (Å²) < 4.78 is 33.3. The summed E-state index contributed by atoms with van der Waals surface area (Å²) in [6.45, 7) is 4.37. The molecule has 0 fully saturated rings. The molecule has 2 rings (SSSR count). The fourth-order valence-corrected chi connectivity index (χ4v) is 3.24. The molecule has 6 heteroatoms. The van der Waals surface area contributed by atoms with Gasteiger partial charge < -0.3 is 9.84 Å². The predicted molar refractivity (Wildman–Crippen MR) is 90.5 cm³/mol. The van der Waals surface area contributed by atoms with Crippen LogP contribution in [-0.2, 0) is 10.0 Å². The predicted octanol–water partition coefficient (Wildman–Crippen LogP) is 3.68. The molecule has 124 valence electrons. The van der Waals surface area contributed by atoms with E-state index in [4.69, 9.17) is 4.74 Å². The number of ether oxygens (including phenoxy) is 1. The van der Waals surface area contributed by atoms with Gasteiger partial charge in [-0.3, -0.25) is 4.72 Å². The van der Waals surface area contributed by atoms with Crippen LogP contribution >= 0.6 is 0 Å². The van der Waals surface area contributed by atoms with Crippen LogP contribution in [-0.4, -0.2) is 20.1 Å². The third kappa shape index (κ3) is 4.39. The number of sulfonamides is 1. The molecule has 2 N–H and O–H groups in total. The minimum absolute atomic E-state index is 0.0578. The first-order valence-electron chi connectivity index (χ1n) is 7.48. The Morgan fingerprint density at radius 2 is 1.91 bits per heavy atom. The quantitative estimate of drug-likeness (QED) is 0.598. The number of hydrogen-bond donors (Lipinski definition) is 2. The lowest BCUT2D eigenvalue weighted by atomic mass is 10.2. The molecule has 2 aromatic rings. The van der Waals surface area contributed by atoms with Gasteiger partial charge in [0.1, 0.15) is 16.4 Å². The number of unbranched alkanes of at least 4 members (excludes halogenated alkanes) is 1. The normalized spacial score (nSPS) is 11.2. The molecule has 0 spiro atoms. The second-order valence-corrected chi connectivity index (χ2v) is 6.93. The number of hydrogen-bond acceptors (Lipinski definition) is 4. The topological polar surface area (TPSA) is 75.6 Å². The highest BCUT2D eigenvalue weighted by molar-refractivity contribution is 7.92. The van der Waals surface area contributed by atoms with Gasteiger partial charge in [-0.15, -0.1) is 0 Å². The van der Waals surface area contributed by atoms with Crippen LogP contribution in [0.15, 0.2) is 47.4 Å². The van der Waals surface area contributed by atoms with E-state index in [2.05, 4.69) is 4.72 Å². The van der Waals surface area contributed by atoms with Gasteiger partial charge in [-0.2, -0.15) is 0 Å². The number of anilines is 1. The average Bonchev–Trinajstić information content (AvgIpc) is 2.49. The number of para-hydroxylation sites is 2. The molecular formula is C17H21NO4S. The van der Waals surface area contributed by atoms with E-state index in [0.717, 1.165) is 18.4 Å². The second-order valence-electron chi connectivity index (χ2n) is 5.27. The van der Waals surface area contributed by atoms with Crippen molar-refractivity contribution in [1.82, 2.24) is 0 Å². The molecule has 0 aliphatic carbocycles. The van der Waals surface area contributed by atoms with Crippen molar-refractivity contribution in [2.75, 3.05) is 11.3 Å². The average molecular weight is 335 g/mol. The Hall–Kier alpha value is -2.21. The van der Waals surface area contributed by atoms with Gasteiger partial charge in [-0.25, -0.2) is 8.42 Å². The van der Waals surface area contributed by atoms with Crippen molar-refractivity contribution < 1.29 is 18.3 Å². The van der Waals surface area contributed by atoms with Crippen molar-refractivity contribution in [3.63, 3.8) is 0 Å². The molecule has 5 nitrogen and oxygen atoms in total. The molecule has 0 saturated heterocycles. The summed E-state index contributed by atoms with van der Waals surface area (Å²) in [6, 6.07) is 11.1. The fraction of sp³-hybridized carbons (Fsp3) is 0.294. The first-order chi connectivity index (χ1) is 10.9. The molecule has 0 heterocycles. The van der Waals surface area contributed by atoms with E-state index in [-0.39, 0.29) is 16.3 Å². The Balaban J connectivity index is 2.33. The van der Waals surface area contributed by atoms with Crippen LogP contribution in [0.3, 0.4) is 0 Å². The van der Waals surface area contributed by atoms with Gasteiger partial charge in [0.15, 0.2) is 0 Å². The Bertz CT molecular complexity index is 772.